The molecule has 0 aliphatic carbocycles. The molecule has 1 aromatic carbocycles. The van der Waals surface area contributed by atoms with Crippen LogP contribution in [0.15, 0.2) is 34.0 Å². The number of sulfonamides is 1. The van der Waals surface area contributed by atoms with Crippen LogP contribution in [0, 0.1) is 25.2 Å². The fraction of sp³-hybridized carbons (Fsp3) is 0.368. The molecule has 9 nitrogen and oxygen atoms in total. The van der Waals surface area contributed by atoms with Gasteiger partial charge in [0.25, 0.3) is 5.56 Å². The Bertz CT molecular complexity index is 1130. The molecule has 1 aromatic heterocycles. The number of nitrogens with one attached hydrogen (secondary N) is 1. The molecule has 0 bridgehead atoms. The number of carbonyl (C=O) groups excluding carboxylic acids is 1. The topological polar surface area (TPSA) is 125 Å². The number of amides is 1. The quantitative estimate of drug-likeness (QED) is 0.726. The van der Waals surface area contributed by atoms with Crippen LogP contribution in [0.4, 0.5) is 5.69 Å². The molecule has 29 heavy (non-hydrogen) atoms. The van der Waals surface area contributed by atoms with Gasteiger partial charge in [0.1, 0.15) is 18.2 Å². The summed E-state index contributed by atoms with van der Waals surface area (Å²) in [5, 5.41) is 15.8. The molecule has 0 unspecified atom stereocenters. The van der Waals surface area contributed by atoms with Crippen molar-refractivity contribution in [2.45, 2.75) is 39.1 Å². The number of anilines is 1. The largest absolute Gasteiger partial charge is 0.324 e. The second kappa shape index (κ2) is 8.98. The Morgan fingerprint density at radius 2 is 1.93 bits per heavy atom. The lowest BCUT2D eigenvalue weighted by Crippen LogP contribution is -2.32. The number of hydrogen-bond acceptors (Lipinski definition) is 6. The van der Waals surface area contributed by atoms with Crippen LogP contribution in [-0.2, 0) is 21.4 Å². The van der Waals surface area contributed by atoms with Crippen LogP contribution in [0.25, 0.3) is 0 Å². The molecule has 2 aromatic rings. The summed E-state index contributed by atoms with van der Waals surface area (Å²) in [5.74, 6) is -0.566. The zero-order valence-electron chi connectivity index (χ0n) is 16.8. The Labute approximate surface area is 169 Å². The van der Waals surface area contributed by atoms with E-state index >= 15 is 0 Å². The van der Waals surface area contributed by atoms with Crippen LogP contribution in [0.1, 0.15) is 30.7 Å². The molecule has 1 heterocycles. The second-order valence-corrected chi connectivity index (χ2v) is 8.26. The maximum Gasteiger partial charge on any atom is 0.285 e. The van der Waals surface area contributed by atoms with Gasteiger partial charge < -0.3 is 5.32 Å². The van der Waals surface area contributed by atoms with Gasteiger partial charge in [0.15, 0.2) is 0 Å². The molecule has 0 radical (unpaired) electrons. The van der Waals surface area contributed by atoms with Crippen molar-refractivity contribution in [3.8, 4) is 6.07 Å². The van der Waals surface area contributed by atoms with Gasteiger partial charge >= 0.3 is 0 Å². The number of nitrogens with zero attached hydrogens (tertiary/aromatic N) is 4. The average Bonchev–Trinajstić information content (AvgIpc) is 2.67. The fourth-order valence-electron chi connectivity index (χ4n) is 2.79. The summed E-state index contributed by atoms with van der Waals surface area (Å²) in [6, 6.07) is 7.74. The van der Waals surface area contributed by atoms with Crippen molar-refractivity contribution in [3.05, 3.63) is 51.4 Å². The first-order valence-corrected chi connectivity index (χ1v) is 10.5. The van der Waals surface area contributed by atoms with E-state index in [1.165, 1.54) is 22.5 Å². The molecule has 1 amide bonds. The van der Waals surface area contributed by atoms with E-state index in [1.54, 1.807) is 33.8 Å². The minimum Gasteiger partial charge on any atom is -0.324 e. The summed E-state index contributed by atoms with van der Waals surface area (Å²) < 4.78 is 27.5. The maximum absolute atomic E-state index is 12.6. The van der Waals surface area contributed by atoms with Crippen LogP contribution in [0.3, 0.4) is 0 Å². The van der Waals surface area contributed by atoms with E-state index in [1.807, 2.05) is 6.07 Å². The van der Waals surface area contributed by atoms with E-state index in [4.69, 9.17) is 5.26 Å². The Morgan fingerprint density at radius 3 is 2.52 bits per heavy atom. The van der Waals surface area contributed by atoms with Crippen LogP contribution < -0.4 is 10.9 Å². The summed E-state index contributed by atoms with van der Waals surface area (Å²) in [7, 11) is -3.67. The molecule has 0 aliphatic heterocycles. The van der Waals surface area contributed by atoms with E-state index < -0.39 is 28.0 Å². The highest BCUT2D eigenvalue weighted by atomic mass is 32.2. The van der Waals surface area contributed by atoms with Crippen LogP contribution >= 0.6 is 0 Å². The molecule has 2 rings (SSSR count). The summed E-state index contributed by atoms with van der Waals surface area (Å²) >= 11 is 0. The summed E-state index contributed by atoms with van der Waals surface area (Å²) in [6.07, 6.45) is 0. The molecule has 0 saturated carbocycles. The molecule has 1 N–H and O–H groups in total. The summed E-state index contributed by atoms with van der Waals surface area (Å²) in [6.45, 7) is 7.02. The van der Waals surface area contributed by atoms with Gasteiger partial charge in [-0.15, -0.1) is 0 Å². The molecule has 0 saturated heterocycles. The van der Waals surface area contributed by atoms with Gasteiger partial charge in [0.2, 0.25) is 15.9 Å². The zero-order valence-corrected chi connectivity index (χ0v) is 17.6. The van der Waals surface area contributed by atoms with Gasteiger partial charge in [0, 0.05) is 18.8 Å². The second-order valence-electron chi connectivity index (χ2n) is 6.33. The average molecular weight is 417 g/mol. The number of hydrogen-bond donors (Lipinski definition) is 1. The van der Waals surface area contributed by atoms with Crippen LogP contribution in [-0.4, -0.2) is 41.5 Å². The number of aryl methyl sites for hydroxylation is 1. The highest BCUT2D eigenvalue weighted by molar-refractivity contribution is 7.89. The lowest BCUT2D eigenvalue weighted by molar-refractivity contribution is -0.117. The van der Waals surface area contributed by atoms with E-state index in [-0.39, 0.29) is 16.1 Å². The molecule has 0 aliphatic rings. The smallest absolute Gasteiger partial charge is 0.285 e. The highest BCUT2D eigenvalue weighted by Gasteiger charge is 2.22. The number of carbonyl (C=O) groups is 1. The van der Waals surface area contributed by atoms with E-state index in [2.05, 4.69) is 10.4 Å². The van der Waals surface area contributed by atoms with Crippen molar-refractivity contribution < 1.29 is 13.2 Å². The molecule has 10 heteroatoms. The molecule has 0 atom stereocenters. The molecule has 0 spiro atoms. The van der Waals surface area contributed by atoms with Gasteiger partial charge in [-0.25, -0.2) is 13.1 Å². The minimum atomic E-state index is -3.67. The number of aromatic nitrogens is 2. The SMILES string of the molecule is CCN(CC)S(=O)(=O)c1cccc(NC(=O)Cn2nc(C)c(C)c(C#N)c2=O)c1. The fourth-order valence-corrected chi connectivity index (χ4v) is 4.30. The van der Waals surface area contributed by atoms with Crippen molar-refractivity contribution >= 4 is 21.6 Å². The third kappa shape index (κ3) is 4.70. The Morgan fingerprint density at radius 1 is 1.28 bits per heavy atom. The van der Waals surface area contributed by atoms with Gasteiger partial charge in [-0.3, -0.25) is 9.59 Å². The van der Waals surface area contributed by atoms with Gasteiger partial charge in [-0.2, -0.15) is 14.7 Å². The zero-order chi connectivity index (χ0) is 21.8. The minimum absolute atomic E-state index is 0.0578. The number of benzene rings is 1. The lowest BCUT2D eigenvalue weighted by atomic mass is 10.1. The maximum atomic E-state index is 12.6. The summed E-state index contributed by atoms with van der Waals surface area (Å²) in [4.78, 5) is 24.7. The third-order valence-electron chi connectivity index (χ3n) is 4.50. The predicted molar refractivity (Wildman–Crippen MR) is 108 cm³/mol. The first-order valence-electron chi connectivity index (χ1n) is 9.04. The van der Waals surface area contributed by atoms with E-state index in [9.17, 15) is 18.0 Å². The standard InChI is InChI=1S/C19H23N5O4S/c1-5-23(6-2)29(27,28)16-9-7-8-15(10-16)21-18(25)12-24-19(26)17(11-20)13(3)14(4)22-24/h7-10H,5-6,12H2,1-4H3,(H,21,25). The third-order valence-corrected chi connectivity index (χ3v) is 6.55. The normalized spacial score (nSPS) is 11.3. The first-order chi connectivity index (χ1) is 13.6. The Hall–Kier alpha value is -3.03. The van der Waals surface area contributed by atoms with Gasteiger partial charge in [-0.1, -0.05) is 19.9 Å². The Balaban J connectivity index is 2.27. The van der Waals surface area contributed by atoms with Crippen molar-refractivity contribution in [3.63, 3.8) is 0 Å². The first kappa shape index (κ1) is 22.3. The van der Waals surface area contributed by atoms with E-state index in [0.29, 0.717) is 24.3 Å². The van der Waals surface area contributed by atoms with Crippen LogP contribution in [0.2, 0.25) is 0 Å². The summed E-state index contributed by atoms with van der Waals surface area (Å²) in [5.41, 5.74) is 0.520. The Kier molecular flexibility index (Phi) is 6.89. The van der Waals surface area contributed by atoms with Crippen LogP contribution in [0.5, 0.6) is 0 Å². The lowest BCUT2D eigenvalue weighted by Gasteiger charge is -2.19. The molecular formula is C19H23N5O4S. The van der Waals surface area contributed by atoms with E-state index in [0.717, 1.165) is 4.68 Å². The monoisotopic (exact) mass is 417 g/mol. The van der Waals surface area contributed by atoms with Gasteiger partial charge in [0.05, 0.1) is 10.6 Å². The molecule has 154 valence electrons. The van der Waals surface area contributed by atoms with Crippen molar-refractivity contribution in [1.82, 2.24) is 14.1 Å². The van der Waals surface area contributed by atoms with Crippen molar-refractivity contribution in [2.24, 2.45) is 0 Å². The number of nitriles is 1. The molecular weight excluding hydrogens is 394 g/mol. The highest BCUT2D eigenvalue weighted by Crippen LogP contribution is 2.19. The van der Waals surface area contributed by atoms with Crippen molar-refractivity contribution in [2.75, 3.05) is 18.4 Å². The molecule has 0 fully saturated rings. The number of rotatable bonds is 7. The van der Waals surface area contributed by atoms with Gasteiger partial charge in [-0.05, 0) is 37.6 Å². The predicted octanol–water partition coefficient (Wildman–Crippen LogP) is 1.40. The van der Waals surface area contributed by atoms with Crippen molar-refractivity contribution in [1.29, 1.82) is 5.26 Å².